The Kier molecular flexibility index (Phi) is 15.6. The van der Waals surface area contributed by atoms with Crippen LogP contribution in [0, 0.1) is 11.3 Å². The summed E-state index contributed by atoms with van der Waals surface area (Å²) in [6.07, 6.45) is 2.24. The molecule has 0 unspecified atom stereocenters. The maximum atomic E-state index is 14.0. The topological polar surface area (TPSA) is 194 Å². The van der Waals surface area contributed by atoms with Crippen molar-refractivity contribution in [1.29, 1.82) is 5.26 Å². The second-order valence-electron chi connectivity index (χ2n) is 10.9. The zero-order chi connectivity index (χ0) is 36.0. The largest absolute Gasteiger partial charge is 0.462 e. The number of hydrogen-bond acceptors (Lipinski definition) is 12. The smallest absolute Gasteiger partial charge is 0.341 e. The van der Waals surface area contributed by atoms with Crippen LogP contribution in [0.15, 0.2) is 36.8 Å². The van der Waals surface area contributed by atoms with Gasteiger partial charge in [0.05, 0.1) is 58.9 Å². The molecule has 17 heteroatoms. The number of pyridine rings is 3. The van der Waals surface area contributed by atoms with Crippen LogP contribution in [0.2, 0.25) is 10.2 Å². The van der Waals surface area contributed by atoms with Crippen molar-refractivity contribution in [1.82, 2.24) is 20.3 Å². The predicted octanol–water partition coefficient (Wildman–Crippen LogP) is 5.06. The normalized spacial score (nSPS) is 12.7. The first-order valence-corrected chi connectivity index (χ1v) is 15.4. The summed E-state index contributed by atoms with van der Waals surface area (Å²) >= 11 is 11.9. The van der Waals surface area contributed by atoms with Crippen molar-refractivity contribution >= 4 is 58.1 Å². The number of carbonyl (C=O) groups is 2. The van der Waals surface area contributed by atoms with E-state index in [0.29, 0.717) is 11.3 Å². The van der Waals surface area contributed by atoms with E-state index in [1.807, 2.05) is 6.07 Å². The van der Waals surface area contributed by atoms with Gasteiger partial charge < -0.3 is 36.2 Å². The molecule has 0 aliphatic rings. The number of anilines is 4. The lowest BCUT2D eigenvalue weighted by Crippen LogP contribution is -2.42. The Balaban J connectivity index is 0.000000397. The maximum Gasteiger partial charge on any atom is 0.341 e. The van der Waals surface area contributed by atoms with Crippen LogP contribution in [0.5, 0.6) is 0 Å². The molecule has 0 saturated carbocycles. The molecule has 0 fully saturated rings. The van der Waals surface area contributed by atoms with Crippen molar-refractivity contribution in [2.75, 3.05) is 42.4 Å². The van der Waals surface area contributed by atoms with Gasteiger partial charge in [-0.2, -0.15) is 5.26 Å². The van der Waals surface area contributed by atoms with Gasteiger partial charge in [-0.25, -0.2) is 28.5 Å². The molecule has 0 bridgehead atoms. The van der Waals surface area contributed by atoms with Crippen molar-refractivity contribution in [3.63, 3.8) is 0 Å². The fourth-order valence-corrected chi connectivity index (χ4v) is 3.97. The number of aliphatic hydroxyl groups is 2. The van der Waals surface area contributed by atoms with Crippen LogP contribution < -0.4 is 21.3 Å². The molecule has 0 aliphatic heterocycles. The van der Waals surface area contributed by atoms with Crippen LogP contribution in [-0.2, 0) is 4.74 Å². The van der Waals surface area contributed by atoms with E-state index in [1.165, 1.54) is 50.6 Å². The summed E-state index contributed by atoms with van der Waals surface area (Å²) in [5, 5.41) is 39.1. The maximum absolute atomic E-state index is 14.0. The number of aromatic nitrogens is 3. The molecule has 3 atom stereocenters. The van der Waals surface area contributed by atoms with Gasteiger partial charge in [-0.05, 0) is 46.8 Å². The standard InChI is InChI=1S/C20H23ClF2N6O2.C11H15ClN2O3/c1-11(6-22)28-15-5-17(29-18-14(21)4-12(7-24)8-26-18)25-9-13(15)19(30)27-10-16(23)20(2,3)31;1-3-17-11(16)8-5-13-10(12)4-9(8)14-7(2)6-15/h4-5,8-9,11,16,31H,6,10H2,1-3H3,(H,27,30)(H2,25,26,28,29);4-5,7,15H,3,6H2,1-2H3,(H,13,14)/t11-,16+;7-/m00/s1. The number of ether oxygens (including phenoxy) is 1. The average molecular weight is 712 g/mol. The van der Waals surface area contributed by atoms with Gasteiger partial charge in [-0.15, -0.1) is 0 Å². The Bertz CT molecular complexity index is 1590. The van der Waals surface area contributed by atoms with Crippen molar-refractivity contribution in [2.45, 2.75) is 58.5 Å². The van der Waals surface area contributed by atoms with Crippen LogP contribution in [-0.4, -0.2) is 87.3 Å². The summed E-state index contributed by atoms with van der Waals surface area (Å²) in [7, 11) is 0. The molecule has 3 rings (SSSR count). The number of esters is 1. The summed E-state index contributed by atoms with van der Waals surface area (Å²) in [4.78, 5) is 36.2. The molecular formula is C31H38Cl2F2N8O5. The lowest BCUT2D eigenvalue weighted by Gasteiger charge is -2.23. The highest BCUT2D eigenvalue weighted by molar-refractivity contribution is 6.33. The monoisotopic (exact) mass is 710 g/mol. The Morgan fingerprint density at radius 2 is 1.69 bits per heavy atom. The van der Waals surface area contributed by atoms with Crippen molar-refractivity contribution < 1.29 is 33.3 Å². The Labute approximate surface area is 287 Å². The summed E-state index contributed by atoms with van der Waals surface area (Å²) < 4.78 is 31.9. The number of alkyl halides is 2. The third-order valence-corrected chi connectivity index (χ3v) is 6.74. The third-order valence-electron chi connectivity index (χ3n) is 6.25. The van der Waals surface area contributed by atoms with Gasteiger partial charge >= 0.3 is 5.97 Å². The number of aliphatic hydroxyl groups excluding tert-OH is 1. The first kappa shape index (κ1) is 39.8. The molecule has 3 heterocycles. The zero-order valence-electron chi connectivity index (χ0n) is 26.9. The van der Waals surface area contributed by atoms with Gasteiger partial charge in [0.15, 0.2) is 0 Å². The van der Waals surface area contributed by atoms with Crippen LogP contribution in [0.25, 0.3) is 0 Å². The molecule has 0 saturated heterocycles. The van der Waals surface area contributed by atoms with Gasteiger partial charge in [-0.3, -0.25) is 4.79 Å². The van der Waals surface area contributed by atoms with E-state index >= 15 is 0 Å². The van der Waals surface area contributed by atoms with Crippen molar-refractivity contribution in [2.24, 2.45) is 0 Å². The molecule has 3 aromatic rings. The molecule has 0 spiro atoms. The van der Waals surface area contributed by atoms with Gasteiger partial charge in [-0.1, -0.05) is 23.2 Å². The molecule has 6 N–H and O–H groups in total. The van der Waals surface area contributed by atoms with Gasteiger partial charge in [0.25, 0.3) is 5.91 Å². The minimum atomic E-state index is -1.68. The SMILES string of the molecule is CCOC(=O)c1cnc(Cl)cc1N[C@@H](C)CO.C[C@@H](CF)Nc1cc(Nc2ncc(C#N)cc2Cl)ncc1C(=O)NC[C@@H](F)C(C)(C)O. The number of carbonyl (C=O) groups excluding carboxylic acids is 2. The molecular weight excluding hydrogens is 673 g/mol. The number of nitrogens with zero attached hydrogens (tertiary/aromatic N) is 4. The number of hydrogen-bond donors (Lipinski definition) is 6. The van der Waals surface area contributed by atoms with Gasteiger partial charge in [0.2, 0.25) is 0 Å². The highest BCUT2D eigenvalue weighted by Crippen LogP contribution is 2.26. The lowest BCUT2D eigenvalue weighted by molar-refractivity contribution is -0.00178. The highest BCUT2D eigenvalue weighted by atomic mass is 35.5. The Morgan fingerprint density at radius 1 is 1.04 bits per heavy atom. The van der Waals surface area contributed by atoms with Crippen LogP contribution in [0.1, 0.15) is 60.9 Å². The second kappa shape index (κ2) is 18.8. The molecule has 13 nitrogen and oxygen atoms in total. The van der Waals surface area contributed by atoms with E-state index in [2.05, 4.69) is 36.2 Å². The fraction of sp³-hybridized carbons (Fsp3) is 0.419. The van der Waals surface area contributed by atoms with E-state index in [4.69, 9.17) is 38.3 Å². The van der Waals surface area contributed by atoms with E-state index in [0.717, 1.165) is 0 Å². The second-order valence-corrected chi connectivity index (χ2v) is 11.7. The van der Waals surface area contributed by atoms with E-state index in [1.54, 1.807) is 20.8 Å². The van der Waals surface area contributed by atoms with Crippen LogP contribution >= 0.6 is 23.2 Å². The first-order chi connectivity index (χ1) is 22.6. The molecule has 3 aromatic heterocycles. The number of rotatable bonds is 14. The quantitative estimate of drug-likeness (QED) is 0.0963. The van der Waals surface area contributed by atoms with Gasteiger partial charge in [0.1, 0.15) is 41.3 Å². The summed E-state index contributed by atoms with van der Waals surface area (Å²) in [5.41, 5.74) is -0.207. The number of nitrogens with one attached hydrogen (secondary N) is 4. The number of nitriles is 1. The lowest BCUT2D eigenvalue weighted by atomic mass is 10.0. The predicted molar refractivity (Wildman–Crippen MR) is 179 cm³/mol. The van der Waals surface area contributed by atoms with E-state index < -0.39 is 42.9 Å². The van der Waals surface area contributed by atoms with Crippen molar-refractivity contribution in [3.05, 3.63) is 63.7 Å². The first-order valence-electron chi connectivity index (χ1n) is 14.6. The van der Waals surface area contributed by atoms with Crippen LogP contribution in [0.4, 0.5) is 31.8 Å². The minimum absolute atomic E-state index is 0.0534. The van der Waals surface area contributed by atoms with Crippen LogP contribution in [0.3, 0.4) is 0 Å². The molecule has 0 radical (unpaired) electrons. The average Bonchev–Trinajstić information content (AvgIpc) is 3.04. The Hall–Kier alpha value is -4.36. The summed E-state index contributed by atoms with van der Waals surface area (Å²) in [6.45, 7) is 6.81. The minimum Gasteiger partial charge on any atom is -0.462 e. The molecule has 0 aliphatic carbocycles. The Morgan fingerprint density at radius 3 is 2.27 bits per heavy atom. The fourth-order valence-electron chi connectivity index (χ4n) is 3.60. The summed E-state index contributed by atoms with van der Waals surface area (Å²) in [5.74, 6) is -0.622. The van der Waals surface area contributed by atoms with Crippen molar-refractivity contribution in [3.8, 4) is 6.07 Å². The molecule has 48 heavy (non-hydrogen) atoms. The number of halogens is 4. The third kappa shape index (κ3) is 12.3. The molecule has 260 valence electrons. The highest BCUT2D eigenvalue weighted by Gasteiger charge is 2.27. The van der Waals surface area contributed by atoms with E-state index in [-0.39, 0.29) is 57.9 Å². The van der Waals surface area contributed by atoms with Gasteiger partial charge in [0, 0.05) is 30.7 Å². The number of amides is 1. The molecule has 1 amide bonds. The zero-order valence-corrected chi connectivity index (χ0v) is 28.5. The molecule has 0 aromatic carbocycles. The summed E-state index contributed by atoms with van der Waals surface area (Å²) in [6, 6.07) is 5.54. The van der Waals surface area contributed by atoms with E-state index in [9.17, 15) is 23.5 Å².